The van der Waals surface area contributed by atoms with Gasteiger partial charge >= 0.3 is 0 Å². The van der Waals surface area contributed by atoms with E-state index < -0.39 is 12.2 Å². The maximum absolute atomic E-state index is 9.30. The summed E-state index contributed by atoms with van der Waals surface area (Å²) in [5.41, 5.74) is 0. The van der Waals surface area contributed by atoms with Crippen LogP contribution in [0.5, 0.6) is 0 Å². The summed E-state index contributed by atoms with van der Waals surface area (Å²) in [6.07, 6.45) is 4.86. The first kappa shape index (κ1) is 9.01. The summed E-state index contributed by atoms with van der Waals surface area (Å²) in [4.78, 5) is 0. The van der Waals surface area contributed by atoms with Gasteiger partial charge in [-0.1, -0.05) is 13.3 Å². The molecule has 1 radical (unpaired) electrons. The molecule has 0 aromatic carbocycles. The van der Waals surface area contributed by atoms with Gasteiger partial charge in [0.1, 0.15) is 0 Å². The molecule has 0 bridgehead atoms. The second-order valence-electron chi connectivity index (χ2n) is 3.35. The van der Waals surface area contributed by atoms with Crippen LogP contribution in [0.4, 0.5) is 0 Å². The zero-order valence-electron chi connectivity index (χ0n) is 7.03. The van der Waals surface area contributed by atoms with Gasteiger partial charge in [-0.3, -0.25) is 0 Å². The maximum atomic E-state index is 9.30. The maximum Gasteiger partial charge on any atom is 0.0801 e. The number of aliphatic hydroxyl groups is 2. The molecule has 3 atom stereocenters. The Bertz CT molecular complexity index is 114. The van der Waals surface area contributed by atoms with E-state index in [2.05, 4.69) is 13.3 Å². The molecule has 0 amide bonds. The molecule has 1 rings (SSSR count). The van der Waals surface area contributed by atoms with E-state index >= 15 is 0 Å². The van der Waals surface area contributed by atoms with Crippen LogP contribution in [0.2, 0.25) is 0 Å². The van der Waals surface area contributed by atoms with Crippen LogP contribution in [0, 0.1) is 12.3 Å². The third kappa shape index (κ3) is 2.46. The van der Waals surface area contributed by atoms with Crippen molar-refractivity contribution in [3.8, 4) is 0 Å². The van der Waals surface area contributed by atoms with Gasteiger partial charge in [0.25, 0.3) is 0 Å². The van der Waals surface area contributed by atoms with E-state index in [9.17, 15) is 10.2 Å². The van der Waals surface area contributed by atoms with Crippen LogP contribution >= 0.6 is 0 Å². The highest BCUT2D eigenvalue weighted by atomic mass is 16.3. The van der Waals surface area contributed by atoms with Gasteiger partial charge in [0.2, 0.25) is 0 Å². The monoisotopic (exact) mass is 157 g/mol. The minimum absolute atomic E-state index is 0.475. The third-order valence-electron chi connectivity index (χ3n) is 2.39. The Morgan fingerprint density at radius 3 is 2.55 bits per heavy atom. The van der Waals surface area contributed by atoms with Crippen LogP contribution in [-0.4, -0.2) is 22.4 Å². The number of rotatable bonds is 2. The highest BCUT2D eigenvalue weighted by molar-refractivity contribution is 4.85. The van der Waals surface area contributed by atoms with Gasteiger partial charge in [-0.2, -0.15) is 0 Å². The fraction of sp³-hybridized carbons (Fsp3) is 0.889. The van der Waals surface area contributed by atoms with Gasteiger partial charge in [-0.25, -0.2) is 0 Å². The van der Waals surface area contributed by atoms with E-state index in [4.69, 9.17) is 0 Å². The second kappa shape index (κ2) is 4.07. The van der Waals surface area contributed by atoms with Gasteiger partial charge < -0.3 is 10.2 Å². The molecule has 0 aliphatic heterocycles. The average Bonchev–Trinajstić information content (AvgIpc) is 1.98. The second-order valence-corrected chi connectivity index (χ2v) is 3.35. The molecule has 11 heavy (non-hydrogen) atoms. The molecule has 65 valence electrons. The fourth-order valence-electron chi connectivity index (χ4n) is 1.71. The SMILES string of the molecule is CC[CH]C1CCC(O)C(O)C1. The van der Waals surface area contributed by atoms with Gasteiger partial charge in [0, 0.05) is 0 Å². The van der Waals surface area contributed by atoms with Crippen molar-refractivity contribution in [2.45, 2.75) is 44.8 Å². The zero-order valence-corrected chi connectivity index (χ0v) is 7.03. The third-order valence-corrected chi connectivity index (χ3v) is 2.39. The molecule has 0 aromatic rings. The van der Waals surface area contributed by atoms with Crippen LogP contribution < -0.4 is 0 Å². The summed E-state index contributed by atoms with van der Waals surface area (Å²) in [6.45, 7) is 2.11. The van der Waals surface area contributed by atoms with E-state index in [1.54, 1.807) is 0 Å². The van der Waals surface area contributed by atoms with Gasteiger partial charge in [0.05, 0.1) is 12.2 Å². The standard InChI is InChI=1S/C9H17O2/c1-2-3-7-4-5-8(10)9(11)6-7/h3,7-11H,2,4-6H2,1H3. The van der Waals surface area contributed by atoms with Gasteiger partial charge in [0.15, 0.2) is 0 Å². The Labute approximate surface area is 68.2 Å². The normalized spacial score (nSPS) is 39.0. The molecule has 2 heteroatoms. The summed E-state index contributed by atoms with van der Waals surface area (Å²) < 4.78 is 0. The van der Waals surface area contributed by atoms with Crippen LogP contribution in [0.1, 0.15) is 32.6 Å². The molecule has 1 aliphatic rings. The van der Waals surface area contributed by atoms with E-state index in [1.807, 2.05) is 0 Å². The molecular formula is C9H17O2. The number of aliphatic hydroxyl groups excluding tert-OH is 2. The average molecular weight is 157 g/mol. The summed E-state index contributed by atoms with van der Waals surface area (Å²) in [5.74, 6) is 0.526. The summed E-state index contributed by atoms with van der Waals surface area (Å²) in [7, 11) is 0. The predicted octanol–water partition coefficient (Wildman–Crippen LogP) is 1.12. The molecule has 0 spiro atoms. The summed E-state index contributed by atoms with van der Waals surface area (Å²) in [6, 6.07) is 0. The lowest BCUT2D eigenvalue weighted by atomic mass is 9.83. The van der Waals surface area contributed by atoms with E-state index in [0.29, 0.717) is 5.92 Å². The first-order chi connectivity index (χ1) is 5.24. The molecule has 1 saturated carbocycles. The molecular weight excluding hydrogens is 140 g/mol. The minimum atomic E-state index is -0.489. The van der Waals surface area contributed by atoms with Crippen LogP contribution in [0.3, 0.4) is 0 Å². The smallest absolute Gasteiger partial charge is 0.0801 e. The Morgan fingerprint density at radius 2 is 2.00 bits per heavy atom. The van der Waals surface area contributed by atoms with Crippen molar-refractivity contribution in [1.82, 2.24) is 0 Å². The van der Waals surface area contributed by atoms with E-state index in [1.165, 1.54) is 0 Å². The van der Waals surface area contributed by atoms with E-state index in [0.717, 1.165) is 25.7 Å². The Balaban J connectivity index is 2.28. The van der Waals surface area contributed by atoms with Crippen molar-refractivity contribution in [3.63, 3.8) is 0 Å². The lowest BCUT2D eigenvalue weighted by Crippen LogP contribution is -2.33. The highest BCUT2D eigenvalue weighted by Gasteiger charge is 2.26. The molecule has 1 fully saturated rings. The zero-order chi connectivity index (χ0) is 8.27. The minimum Gasteiger partial charge on any atom is -0.390 e. The van der Waals surface area contributed by atoms with Crippen molar-refractivity contribution in [3.05, 3.63) is 6.42 Å². The molecule has 1 aliphatic carbocycles. The Hall–Kier alpha value is -0.0800. The van der Waals surface area contributed by atoms with Crippen molar-refractivity contribution < 1.29 is 10.2 Å². The number of hydrogen-bond donors (Lipinski definition) is 2. The van der Waals surface area contributed by atoms with Crippen molar-refractivity contribution in [1.29, 1.82) is 0 Å². The Kier molecular flexibility index (Phi) is 3.34. The fourth-order valence-corrected chi connectivity index (χ4v) is 1.71. The van der Waals surface area contributed by atoms with Crippen LogP contribution in [-0.2, 0) is 0 Å². The molecule has 2 N–H and O–H groups in total. The molecule has 3 unspecified atom stereocenters. The molecule has 0 saturated heterocycles. The first-order valence-electron chi connectivity index (χ1n) is 4.43. The van der Waals surface area contributed by atoms with Gasteiger partial charge in [-0.05, 0) is 31.6 Å². The lowest BCUT2D eigenvalue weighted by Gasteiger charge is -2.29. The quantitative estimate of drug-likeness (QED) is 0.630. The van der Waals surface area contributed by atoms with Crippen LogP contribution in [0.25, 0.3) is 0 Å². The van der Waals surface area contributed by atoms with Crippen LogP contribution in [0.15, 0.2) is 0 Å². The van der Waals surface area contributed by atoms with Gasteiger partial charge in [-0.15, -0.1) is 0 Å². The highest BCUT2D eigenvalue weighted by Crippen LogP contribution is 2.27. The van der Waals surface area contributed by atoms with Crippen molar-refractivity contribution in [2.75, 3.05) is 0 Å². The molecule has 2 nitrogen and oxygen atoms in total. The topological polar surface area (TPSA) is 40.5 Å². The lowest BCUT2D eigenvalue weighted by molar-refractivity contribution is -0.0211. The van der Waals surface area contributed by atoms with Crippen molar-refractivity contribution >= 4 is 0 Å². The summed E-state index contributed by atoms with van der Waals surface area (Å²) >= 11 is 0. The summed E-state index contributed by atoms with van der Waals surface area (Å²) in [5, 5.41) is 18.5. The number of hydrogen-bond acceptors (Lipinski definition) is 2. The predicted molar refractivity (Wildman–Crippen MR) is 43.9 cm³/mol. The van der Waals surface area contributed by atoms with Crippen molar-refractivity contribution in [2.24, 2.45) is 5.92 Å². The largest absolute Gasteiger partial charge is 0.390 e. The first-order valence-corrected chi connectivity index (χ1v) is 4.43. The van der Waals surface area contributed by atoms with E-state index in [-0.39, 0.29) is 0 Å². The Morgan fingerprint density at radius 1 is 1.27 bits per heavy atom. The molecule has 0 aromatic heterocycles. The molecule has 0 heterocycles.